The number of carbonyl (C=O) groups is 1. The van der Waals surface area contributed by atoms with Crippen molar-refractivity contribution in [3.05, 3.63) is 35.1 Å². The number of carbonyl (C=O) groups excluding carboxylic acids is 1. The second kappa shape index (κ2) is 6.47. The van der Waals surface area contributed by atoms with Crippen LogP contribution in [0.3, 0.4) is 0 Å². The lowest BCUT2D eigenvalue weighted by Gasteiger charge is -2.25. The molecule has 0 fully saturated rings. The van der Waals surface area contributed by atoms with E-state index in [1.54, 1.807) is 0 Å². The first-order chi connectivity index (χ1) is 8.42. The van der Waals surface area contributed by atoms with Gasteiger partial charge >= 0.3 is 0 Å². The molecule has 1 amide bonds. The van der Waals surface area contributed by atoms with Crippen LogP contribution in [0.25, 0.3) is 0 Å². The molecule has 4 nitrogen and oxygen atoms in total. The molecule has 0 atom stereocenters. The first kappa shape index (κ1) is 14.6. The van der Waals surface area contributed by atoms with Crippen LogP contribution in [0.15, 0.2) is 18.2 Å². The lowest BCUT2D eigenvalue weighted by molar-refractivity contribution is -0.119. The fourth-order valence-corrected chi connectivity index (χ4v) is 1.78. The maximum Gasteiger partial charge on any atom is 0.231 e. The van der Waals surface area contributed by atoms with Crippen LogP contribution in [0, 0.1) is 5.82 Å². The molecular formula is C13H20FN3O. The van der Waals surface area contributed by atoms with Crippen LogP contribution >= 0.6 is 0 Å². The summed E-state index contributed by atoms with van der Waals surface area (Å²) in [6.45, 7) is 4.86. The third kappa shape index (κ3) is 4.43. The maximum atomic E-state index is 13.4. The second-order valence-corrected chi connectivity index (χ2v) is 4.64. The van der Waals surface area contributed by atoms with E-state index < -0.39 is 0 Å². The summed E-state index contributed by atoms with van der Waals surface area (Å²) in [6.07, 6.45) is 0. The lowest BCUT2D eigenvalue weighted by atomic mass is 10.1. The van der Waals surface area contributed by atoms with Crippen molar-refractivity contribution in [2.75, 3.05) is 6.54 Å². The molecule has 5 heteroatoms. The van der Waals surface area contributed by atoms with Crippen molar-refractivity contribution < 1.29 is 9.18 Å². The summed E-state index contributed by atoms with van der Waals surface area (Å²) in [5.74, 6) is -0.699. The summed E-state index contributed by atoms with van der Waals surface area (Å²) in [4.78, 5) is 12.9. The van der Waals surface area contributed by atoms with E-state index in [9.17, 15) is 9.18 Å². The Labute approximate surface area is 107 Å². The molecule has 1 rings (SSSR count). The van der Waals surface area contributed by atoms with E-state index in [0.717, 1.165) is 11.1 Å². The monoisotopic (exact) mass is 253 g/mol. The lowest BCUT2D eigenvalue weighted by Crippen LogP contribution is -2.38. The van der Waals surface area contributed by atoms with Gasteiger partial charge in [-0.1, -0.05) is 6.07 Å². The van der Waals surface area contributed by atoms with E-state index in [1.807, 2.05) is 24.8 Å². The molecule has 100 valence electrons. The molecule has 0 saturated heterocycles. The zero-order valence-corrected chi connectivity index (χ0v) is 10.8. The standard InChI is InChI=1S/C13H20FN3O/c1-9(2)17(8-13(16)18)7-11-3-10(6-15)4-12(14)5-11/h3-5,9H,6-8,15H2,1-2H3,(H2,16,18). The van der Waals surface area contributed by atoms with Gasteiger partial charge in [-0.2, -0.15) is 0 Å². The Kier molecular flexibility index (Phi) is 5.25. The molecule has 0 spiro atoms. The van der Waals surface area contributed by atoms with Gasteiger partial charge in [0, 0.05) is 19.1 Å². The fourth-order valence-electron chi connectivity index (χ4n) is 1.78. The molecule has 0 aliphatic rings. The predicted octanol–water partition coefficient (Wildman–Crippen LogP) is 0.980. The Morgan fingerprint density at radius 2 is 1.94 bits per heavy atom. The van der Waals surface area contributed by atoms with Crippen molar-refractivity contribution >= 4 is 5.91 Å². The molecular weight excluding hydrogens is 233 g/mol. The highest BCUT2D eigenvalue weighted by Gasteiger charge is 2.13. The number of amides is 1. The Hall–Kier alpha value is -1.46. The Balaban J connectivity index is 2.86. The van der Waals surface area contributed by atoms with Gasteiger partial charge in [0.25, 0.3) is 0 Å². The van der Waals surface area contributed by atoms with Crippen LogP contribution in [0.2, 0.25) is 0 Å². The van der Waals surface area contributed by atoms with Crippen LogP contribution < -0.4 is 11.5 Å². The molecule has 0 radical (unpaired) electrons. The molecule has 4 N–H and O–H groups in total. The van der Waals surface area contributed by atoms with Gasteiger partial charge < -0.3 is 11.5 Å². The first-order valence-corrected chi connectivity index (χ1v) is 5.93. The highest BCUT2D eigenvalue weighted by molar-refractivity contribution is 5.75. The molecule has 18 heavy (non-hydrogen) atoms. The van der Waals surface area contributed by atoms with Crippen molar-refractivity contribution in [1.82, 2.24) is 4.90 Å². The quantitative estimate of drug-likeness (QED) is 0.793. The highest BCUT2D eigenvalue weighted by Crippen LogP contribution is 2.13. The summed E-state index contributed by atoms with van der Waals surface area (Å²) in [7, 11) is 0. The van der Waals surface area contributed by atoms with E-state index in [4.69, 9.17) is 11.5 Å². The average Bonchev–Trinajstić information content (AvgIpc) is 2.26. The number of nitrogens with two attached hydrogens (primary N) is 2. The van der Waals surface area contributed by atoms with Gasteiger partial charge in [-0.05, 0) is 37.1 Å². The molecule has 0 heterocycles. The van der Waals surface area contributed by atoms with E-state index in [-0.39, 0.29) is 24.3 Å². The normalized spacial score (nSPS) is 11.2. The van der Waals surface area contributed by atoms with Crippen molar-refractivity contribution in [2.45, 2.75) is 33.0 Å². The van der Waals surface area contributed by atoms with Crippen LogP contribution in [0.1, 0.15) is 25.0 Å². The molecule has 1 aromatic carbocycles. The minimum absolute atomic E-state index is 0.155. The van der Waals surface area contributed by atoms with Crippen LogP contribution in [-0.2, 0) is 17.9 Å². The van der Waals surface area contributed by atoms with Crippen molar-refractivity contribution in [3.8, 4) is 0 Å². The number of rotatable bonds is 6. The molecule has 0 saturated carbocycles. The van der Waals surface area contributed by atoms with Crippen LogP contribution in [0.5, 0.6) is 0 Å². The van der Waals surface area contributed by atoms with Crippen molar-refractivity contribution in [2.24, 2.45) is 11.5 Å². The summed E-state index contributed by atoms with van der Waals surface area (Å²) in [5.41, 5.74) is 12.2. The Bertz CT molecular complexity index is 421. The van der Waals surface area contributed by atoms with Gasteiger partial charge in [0.05, 0.1) is 6.54 Å². The molecule has 0 unspecified atom stereocenters. The van der Waals surface area contributed by atoms with Gasteiger partial charge in [-0.3, -0.25) is 9.69 Å². The van der Waals surface area contributed by atoms with Crippen LogP contribution in [-0.4, -0.2) is 23.4 Å². The summed E-state index contributed by atoms with van der Waals surface area (Å²) in [6, 6.07) is 4.87. The van der Waals surface area contributed by atoms with Crippen molar-refractivity contribution in [1.29, 1.82) is 0 Å². The van der Waals surface area contributed by atoms with Gasteiger partial charge in [-0.15, -0.1) is 0 Å². The van der Waals surface area contributed by atoms with Gasteiger partial charge in [0.1, 0.15) is 5.82 Å². The fraction of sp³-hybridized carbons (Fsp3) is 0.462. The number of nitrogens with zero attached hydrogens (tertiary/aromatic N) is 1. The number of hydrogen-bond donors (Lipinski definition) is 2. The summed E-state index contributed by atoms with van der Waals surface area (Å²) in [5, 5.41) is 0. The Morgan fingerprint density at radius 1 is 1.33 bits per heavy atom. The second-order valence-electron chi connectivity index (χ2n) is 4.64. The third-order valence-corrected chi connectivity index (χ3v) is 2.73. The molecule has 1 aromatic rings. The van der Waals surface area contributed by atoms with E-state index in [1.165, 1.54) is 12.1 Å². The summed E-state index contributed by atoms with van der Waals surface area (Å²) < 4.78 is 13.4. The van der Waals surface area contributed by atoms with E-state index >= 15 is 0 Å². The molecule has 0 aliphatic carbocycles. The third-order valence-electron chi connectivity index (χ3n) is 2.73. The summed E-state index contributed by atoms with van der Waals surface area (Å²) >= 11 is 0. The van der Waals surface area contributed by atoms with E-state index in [2.05, 4.69) is 0 Å². The van der Waals surface area contributed by atoms with Crippen molar-refractivity contribution in [3.63, 3.8) is 0 Å². The van der Waals surface area contributed by atoms with E-state index in [0.29, 0.717) is 13.1 Å². The largest absolute Gasteiger partial charge is 0.369 e. The van der Waals surface area contributed by atoms with Gasteiger partial charge in [0.15, 0.2) is 0 Å². The molecule has 0 aromatic heterocycles. The SMILES string of the molecule is CC(C)N(CC(N)=O)Cc1cc(F)cc(CN)c1. The van der Waals surface area contributed by atoms with Crippen LogP contribution in [0.4, 0.5) is 4.39 Å². The minimum Gasteiger partial charge on any atom is -0.369 e. The molecule has 0 aliphatic heterocycles. The average molecular weight is 253 g/mol. The molecule has 0 bridgehead atoms. The highest BCUT2D eigenvalue weighted by atomic mass is 19.1. The number of halogens is 1. The number of benzene rings is 1. The zero-order valence-electron chi connectivity index (χ0n) is 10.8. The van der Waals surface area contributed by atoms with Gasteiger partial charge in [-0.25, -0.2) is 4.39 Å². The zero-order chi connectivity index (χ0) is 13.7. The minimum atomic E-state index is -0.390. The number of primary amides is 1. The first-order valence-electron chi connectivity index (χ1n) is 5.93. The smallest absolute Gasteiger partial charge is 0.231 e. The maximum absolute atomic E-state index is 13.4. The Morgan fingerprint density at radius 3 is 2.44 bits per heavy atom. The topological polar surface area (TPSA) is 72.3 Å². The number of hydrogen-bond acceptors (Lipinski definition) is 3. The van der Waals surface area contributed by atoms with Gasteiger partial charge in [0.2, 0.25) is 5.91 Å². The predicted molar refractivity (Wildman–Crippen MR) is 69.0 cm³/mol.